The molecular weight excluding hydrogens is 284 g/mol. The van der Waals surface area contributed by atoms with E-state index in [0.29, 0.717) is 5.69 Å². The Bertz CT molecular complexity index is 522. The van der Waals surface area contributed by atoms with Gasteiger partial charge in [-0.25, -0.2) is 4.21 Å². The van der Waals surface area contributed by atoms with Crippen molar-refractivity contribution < 1.29 is 18.7 Å². The SMILES string of the molecule is CC(C)(C)OC(=O)CS(=O)Nc1ccc([N+](=O)[O-])cc1. The minimum absolute atomic E-state index is 0.0616. The Morgan fingerprint density at radius 2 is 1.90 bits per heavy atom. The first kappa shape index (κ1) is 16.1. The van der Waals surface area contributed by atoms with Gasteiger partial charge in [0.05, 0.1) is 4.92 Å². The largest absolute Gasteiger partial charge is 0.459 e. The molecule has 0 fully saturated rings. The third-order valence-electron chi connectivity index (χ3n) is 1.98. The standard InChI is InChI=1S/C12H16N2O5S/c1-12(2,3)19-11(15)8-20(18)13-9-4-6-10(7-5-9)14(16)17/h4-7,13H,8H2,1-3H3. The number of carbonyl (C=O) groups is 1. The van der Waals surface area contributed by atoms with Crippen molar-refractivity contribution in [2.24, 2.45) is 0 Å². The molecule has 1 aromatic rings. The minimum Gasteiger partial charge on any atom is -0.459 e. The number of non-ortho nitro benzene ring substituents is 1. The maximum Gasteiger partial charge on any atom is 0.320 e. The van der Waals surface area contributed by atoms with Crippen molar-refractivity contribution in [3.05, 3.63) is 34.4 Å². The van der Waals surface area contributed by atoms with Crippen LogP contribution in [0.25, 0.3) is 0 Å². The van der Waals surface area contributed by atoms with Gasteiger partial charge >= 0.3 is 5.97 Å². The lowest BCUT2D eigenvalue weighted by Gasteiger charge is -2.19. The fourth-order valence-electron chi connectivity index (χ4n) is 1.30. The summed E-state index contributed by atoms with van der Waals surface area (Å²) in [5, 5.41) is 10.5. The van der Waals surface area contributed by atoms with Gasteiger partial charge in [0.2, 0.25) is 0 Å². The second-order valence-corrected chi connectivity index (χ2v) is 6.17. The Morgan fingerprint density at radius 1 is 1.35 bits per heavy atom. The number of nitro groups is 1. The van der Waals surface area contributed by atoms with Crippen LogP contribution >= 0.6 is 0 Å². The van der Waals surface area contributed by atoms with Gasteiger partial charge in [-0.1, -0.05) is 0 Å². The van der Waals surface area contributed by atoms with E-state index < -0.39 is 27.5 Å². The number of anilines is 1. The molecule has 0 aliphatic rings. The fourth-order valence-corrected chi connectivity index (χ4v) is 2.04. The summed E-state index contributed by atoms with van der Waals surface area (Å²) in [5.74, 6) is -0.876. The molecule has 0 spiro atoms. The molecular formula is C12H16N2O5S. The van der Waals surface area contributed by atoms with Gasteiger partial charge in [-0.3, -0.25) is 14.9 Å². The van der Waals surface area contributed by atoms with Gasteiger partial charge in [0.25, 0.3) is 5.69 Å². The van der Waals surface area contributed by atoms with E-state index in [1.807, 2.05) is 0 Å². The normalized spacial score (nSPS) is 12.6. The van der Waals surface area contributed by atoms with Crippen LogP contribution in [-0.2, 0) is 20.5 Å². The van der Waals surface area contributed by atoms with Gasteiger partial charge in [-0.15, -0.1) is 0 Å². The lowest BCUT2D eigenvalue weighted by Crippen LogP contribution is -2.28. The predicted octanol–water partition coefficient (Wildman–Crippen LogP) is 2.01. The number of carbonyl (C=O) groups excluding carboxylic acids is 1. The van der Waals surface area contributed by atoms with E-state index in [-0.39, 0.29) is 11.4 Å². The van der Waals surface area contributed by atoms with Crippen molar-refractivity contribution in [1.82, 2.24) is 0 Å². The summed E-state index contributed by atoms with van der Waals surface area (Å²) in [6.45, 7) is 5.16. The zero-order valence-electron chi connectivity index (χ0n) is 11.4. The van der Waals surface area contributed by atoms with Gasteiger partial charge in [0, 0.05) is 17.8 Å². The Morgan fingerprint density at radius 3 is 2.35 bits per heavy atom. The van der Waals surface area contributed by atoms with Crippen molar-refractivity contribution in [2.45, 2.75) is 26.4 Å². The van der Waals surface area contributed by atoms with Gasteiger partial charge in [-0.2, -0.15) is 0 Å². The summed E-state index contributed by atoms with van der Waals surface area (Å²) in [7, 11) is -1.65. The molecule has 0 radical (unpaired) electrons. The molecule has 0 saturated heterocycles. The zero-order valence-corrected chi connectivity index (χ0v) is 12.2. The van der Waals surface area contributed by atoms with E-state index >= 15 is 0 Å². The molecule has 20 heavy (non-hydrogen) atoms. The van der Waals surface area contributed by atoms with Gasteiger partial charge in [0.15, 0.2) is 0 Å². The zero-order chi connectivity index (χ0) is 15.3. The van der Waals surface area contributed by atoms with Gasteiger partial charge in [-0.05, 0) is 32.9 Å². The molecule has 110 valence electrons. The molecule has 1 unspecified atom stereocenters. The van der Waals surface area contributed by atoms with Crippen LogP contribution in [0.1, 0.15) is 20.8 Å². The van der Waals surface area contributed by atoms with Crippen LogP contribution in [0.3, 0.4) is 0 Å². The number of nitrogens with one attached hydrogen (secondary N) is 1. The van der Waals surface area contributed by atoms with Crippen LogP contribution in [0.5, 0.6) is 0 Å². The molecule has 7 nitrogen and oxygen atoms in total. The first-order valence-electron chi connectivity index (χ1n) is 5.79. The van der Waals surface area contributed by atoms with Crippen molar-refractivity contribution in [3.63, 3.8) is 0 Å². The molecule has 1 rings (SSSR count). The van der Waals surface area contributed by atoms with Gasteiger partial charge in [0.1, 0.15) is 22.3 Å². The van der Waals surface area contributed by atoms with E-state index in [1.165, 1.54) is 24.3 Å². The Kier molecular flexibility index (Phi) is 5.20. The van der Waals surface area contributed by atoms with Crippen molar-refractivity contribution in [1.29, 1.82) is 0 Å². The number of hydrogen-bond donors (Lipinski definition) is 1. The number of ether oxygens (including phenoxy) is 1. The first-order chi connectivity index (χ1) is 9.17. The molecule has 0 bridgehead atoms. The topological polar surface area (TPSA) is 98.5 Å². The minimum atomic E-state index is -1.65. The number of rotatable bonds is 5. The summed E-state index contributed by atoms with van der Waals surface area (Å²) in [5.41, 5.74) is -0.264. The summed E-state index contributed by atoms with van der Waals surface area (Å²) in [6, 6.07) is 5.41. The third kappa shape index (κ3) is 5.79. The van der Waals surface area contributed by atoms with Crippen molar-refractivity contribution in [2.75, 3.05) is 10.5 Å². The molecule has 0 saturated carbocycles. The summed E-state index contributed by atoms with van der Waals surface area (Å²) in [4.78, 5) is 21.4. The molecule has 1 aromatic carbocycles. The fraction of sp³-hybridized carbons (Fsp3) is 0.417. The van der Waals surface area contributed by atoms with E-state index in [4.69, 9.17) is 4.74 Å². The average Bonchev–Trinajstić information content (AvgIpc) is 2.26. The van der Waals surface area contributed by atoms with Crippen LogP contribution < -0.4 is 4.72 Å². The van der Waals surface area contributed by atoms with E-state index in [0.717, 1.165) is 0 Å². The number of hydrogen-bond acceptors (Lipinski definition) is 5. The van der Waals surface area contributed by atoms with Crippen molar-refractivity contribution >= 4 is 28.3 Å². The molecule has 0 aliphatic carbocycles. The summed E-state index contributed by atoms with van der Waals surface area (Å²) < 4.78 is 19.3. The second kappa shape index (κ2) is 6.47. The van der Waals surface area contributed by atoms with Crippen LogP contribution in [0.2, 0.25) is 0 Å². The highest BCUT2D eigenvalue weighted by molar-refractivity contribution is 7.87. The smallest absolute Gasteiger partial charge is 0.320 e. The van der Waals surface area contributed by atoms with Crippen molar-refractivity contribution in [3.8, 4) is 0 Å². The number of esters is 1. The monoisotopic (exact) mass is 300 g/mol. The predicted molar refractivity (Wildman–Crippen MR) is 75.6 cm³/mol. The number of benzene rings is 1. The highest BCUT2D eigenvalue weighted by Crippen LogP contribution is 2.16. The second-order valence-electron chi connectivity index (χ2n) is 4.98. The van der Waals surface area contributed by atoms with Crippen LogP contribution in [-0.4, -0.2) is 26.5 Å². The third-order valence-corrected chi connectivity index (χ3v) is 2.94. The lowest BCUT2D eigenvalue weighted by molar-refractivity contribution is -0.384. The maximum absolute atomic E-state index is 11.7. The Balaban J connectivity index is 2.54. The number of nitrogens with zero attached hydrogens (tertiary/aromatic N) is 1. The number of nitro benzene ring substituents is 1. The molecule has 1 N–H and O–H groups in total. The Labute approximate surface area is 119 Å². The molecule has 0 aromatic heterocycles. The van der Waals surface area contributed by atoms with E-state index in [1.54, 1.807) is 20.8 Å². The lowest BCUT2D eigenvalue weighted by atomic mass is 10.2. The quantitative estimate of drug-likeness (QED) is 0.509. The molecule has 0 amide bonds. The Hall–Kier alpha value is -1.96. The van der Waals surface area contributed by atoms with Gasteiger partial charge < -0.3 is 9.46 Å². The van der Waals surface area contributed by atoms with Crippen LogP contribution in [0.15, 0.2) is 24.3 Å². The van der Waals surface area contributed by atoms with E-state index in [2.05, 4.69) is 4.72 Å². The van der Waals surface area contributed by atoms with E-state index in [9.17, 15) is 19.1 Å². The highest BCUT2D eigenvalue weighted by Gasteiger charge is 2.18. The maximum atomic E-state index is 11.7. The molecule has 0 heterocycles. The first-order valence-corrected chi connectivity index (χ1v) is 7.10. The highest BCUT2D eigenvalue weighted by atomic mass is 32.2. The van der Waals surface area contributed by atoms with Crippen LogP contribution in [0, 0.1) is 10.1 Å². The van der Waals surface area contributed by atoms with Crippen LogP contribution in [0.4, 0.5) is 11.4 Å². The summed E-state index contributed by atoms with van der Waals surface area (Å²) >= 11 is 0. The molecule has 1 atom stereocenters. The molecule has 8 heteroatoms. The summed E-state index contributed by atoms with van der Waals surface area (Å²) in [6.07, 6.45) is 0. The molecule has 0 aliphatic heterocycles. The average molecular weight is 300 g/mol.